The number of pyridine rings is 1. The van der Waals surface area contributed by atoms with E-state index in [0.29, 0.717) is 17.9 Å². The summed E-state index contributed by atoms with van der Waals surface area (Å²) in [7, 11) is 0. The van der Waals surface area contributed by atoms with Gasteiger partial charge in [-0.05, 0) is 25.0 Å². The van der Waals surface area contributed by atoms with Gasteiger partial charge in [0, 0.05) is 23.9 Å². The Labute approximate surface area is 123 Å². The fraction of sp³-hybridized carbons (Fsp3) is 0.400. The van der Waals surface area contributed by atoms with E-state index in [1.807, 2.05) is 13.0 Å². The molecule has 2 aromatic heterocycles. The third-order valence-corrected chi connectivity index (χ3v) is 2.97. The number of amides is 1. The van der Waals surface area contributed by atoms with Crippen molar-refractivity contribution in [3.05, 3.63) is 41.4 Å². The summed E-state index contributed by atoms with van der Waals surface area (Å²) in [6.07, 6.45) is 3.34. The van der Waals surface area contributed by atoms with Crippen LogP contribution in [0.15, 0.2) is 28.9 Å². The maximum Gasteiger partial charge on any atom is 0.251 e. The highest BCUT2D eigenvalue weighted by molar-refractivity contribution is 5.94. The Morgan fingerprint density at radius 1 is 1.33 bits per heavy atom. The Bertz CT molecular complexity index is 581. The summed E-state index contributed by atoms with van der Waals surface area (Å²) < 4.78 is 4.95. The topological polar surface area (TPSA) is 80.0 Å². The average Bonchev–Trinajstić information content (AvgIpc) is 3.03. The first-order valence-corrected chi connectivity index (χ1v) is 7.15. The number of carbonyl (C=O) groups excluding carboxylic acids is 1. The lowest BCUT2D eigenvalue weighted by molar-refractivity contribution is 0.0947. The molecule has 0 atom stereocenters. The minimum atomic E-state index is -0.150. The summed E-state index contributed by atoms with van der Waals surface area (Å²) in [4.78, 5) is 16.7. The summed E-state index contributed by atoms with van der Waals surface area (Å²) in [6.45, 7) is 5.25. The molecule has 0 unspecified atom stereocenters. The van der Waals surface area contributed by atoms with E-state index in [0.717, 1.165) is 30.9 Å². The molecule has 2 N–H and O–H groups in total. The zero-order valence-corrected chi connectivity index (χ0v) is 12.3. The van der Waals surface area contributed by atoms with E-state index in [9.17, 15) is 4.79 Å². The lowest BCUT2D eigenvalue weighted by atomic mass is 10.1. The van der Waals surface area contributed by atoms with Crippen LogP contribution in [0.2, 0.25) is 0 Å². The molecule has 0 radical (unpaired) electrons. The Hall–Kier alpha value is -2.37. The first-order chi connectivity index (χ1) is 10.2. The van der Waals surface area contributed by atoms with Crippen molar-refractivity contribution in [1.82, 2.24) is 15.5 Å². The molecule has 0 aliphatic carbocycles. The molecule has 2 aromatic rings. The van der Waals surface area contributed by atoms with Crippen LogP contribution in [-0.4, -0.2) is 22.6 Å². The van der Waals surface area contributed by atoms with Crippen LogP contribution >= 0.6 is 0 Å². The van der Waals surface area contributed by atoms with Gasteiger partial charge in [0.1, 0.15) is 5.82 Å². The van der Waals surface area contributed by atoms with Gasteiger partial charge in [0.05, 0.1) is 12.7 Å². The van der Waals surface area contributed by atoms with Crippen molar-refractivity contribution < 1.29 is 9.32 Å². The van der Waals surface area contributed by atoms with Crippen LogP contribution in [0.3, 0.4) is 0 Å². The summed E-state index contributed by atoms with van der Waals surface area (Å²) in [5.41, 5.74) is 1.49. The molecular weight excluding hydrogens is 268 g/mol. The van der Waals surface area contributed by atoms with E-state index >= 15 is 0 Å². The van der Waals surface area contributed by atoms with Gasteiger partial charge in [-0.3, -0.25) is 4.79 Å². The van der Waals surface area contributed by atoms with E-state index < -0.39 is 0 Å². The molecule has 0 saturated carbocycles. The number of nitrogens with zero attached hydrogens (tertiary/aromatic N) is 2. The molecule has 0 fully saturated rings. The van der Waals surface area contributed by atoms with Crippen molar-refractivity contribution in [2.45, 2.75) is 33.2 Å². The number of carbonyl (C=O) groups is 1. The number of nitrogens with one attached hydrogen (secondary N) is 2. The fourth-order valence-electron chi connectivity index (χ4n) is 1.85. The number of aromatic nitrogens is 2. The van der Waals surface area contributed by atoms with Gasteiger partial charge in [-0.25, -0.2) is 4.98 Å². The quantitative estimate of drug-likeness (QED) is 0.817. The zero-order valence-electron chi connectivity index (χ0n) is 12.3. The van der Waals surface area contributed by atoms with Gasteiger partial charge in [-0.2, -0.15) is 0 Å². The van der Waals surface area contributed by atoms with Crippen LogP contribution in [0.1, 0.15) is 42.1 Å². The van der Waals surface area contributed by atoms with Crippen molar-refractivity contribution in [1.29, 1.82) is 0 Å². The van der Waals surface area contributed by atoms with E-state index in [2.05, 4.69) is 27.7 Å². The molecule has 2 rings (SSSR count). The summed E-state index contributed by atoms with van der Waals surface area (Å²) in [5, 5.41) is 9.62. The second-order valence-corrected chi connectivity index (χ2v) is 4.67. The van der Waals surface area contributed by atoms with Gasteiger partial charge in [-0.1, -0.05) is 19.0 Å². The third-order valence-electron chi connectivity index (χ3n) is 2.97. The summed E-state index contributed by atoms with van der Waals surface area (Å²) in [5.74, 6) is 1.21. The van der Waals surface area contributed by atoms with Crippen molar-refractivity contribution in [2.24, 2.45) is 0 Å². The first-order valence-electron chi connectivity index (χ1n) is 7.15. The van der Waals surface area contributed by atoms with E-state index in [1.165, 1.54) is 0 Å². The highest BCUT2D eigenvalue weighted by Crippen LogP contribution is 2.12. The van der Waals surface area contributed by atoms with Crippen molar-refractivity contribution in [3.8, 4) is 0 Å². The molecule has 0 aromatic carbocycles. The second kappa shape index (κ2) is 7.42. The smallest absolute Gasteiger partial charge is 0.251 e. The molecule has 0 aliphatic rings. The average molecular weight is 288 g/mol. The predicted octanol–water partition coefficient (Wildman–Crippen LogP) is 2.38. The predicted molar refractivity (Wildman–Crippen MR) is 80.1 cm³/mol. The number of anilines is 1. The molecule has 0 aliphatic heterocycles. The number of aryl methyl sites for hydroxylation is 1. The molecule has 2 heterocycles. The monoisotopic (exact) mass is 288 g/mol. The highest BCUT2D eigenvalue weighted by Gasteiger charge is 2.10. The Kier molecular flexibility index (Phi) is 5.31. The van der Waals surface area contributed by atoms with Crippen molar-refractivity contribution >= 4 is 11.7 Å². The minimum Gasteiger partial charge on any atom is -0.370 e. The van der Waals surface area contributed by atoms with Crippen LogP contribution in [0, 0.1) is 0 Å². The van der Waals surface area contributed by atoms with Gasteiger partial charge >= 0.3 is 0 Å². The van der Waals surface area contributed by atoms with Gasteiger partial charge in [0.15, 0.2) is 5.76 Å². The maximum atomic E-state index is 12.2. The first kappa shape index (κ1) is 15.0. The summed E-state index contributed by atoms with van der Waals surface area (Å²) in [6, 6.07) is 5.30. The van der Waals surface area contributed by atoms with E-state index in [-0.39, 0.29) is 5.91 Å². The van der Waals surface area contributed by atoms with Crippen LogP contribution in [0.4, 0.5) is 5.82 Å². The van der Waals surface area contributed by atoms with Crippen molar-refractivity contribution in [3.63, 3.8) is 0 Å². The SMILES string of the molecule is CCCNc1cc(C(=O)NCc2ccno2)cc(CC)n1. The summed E-state index contributed by atoms with van der Waals surface area (Å²) >= 11 is 0. The van der Waals surface area contributed by atoms with E-state index in [1.54, 1.807) is 18.3 Å². The van der Waals surface area contributed by atoms with Gasteiger partial charge < -0.3 is 15.2 Å². The largest absolute Gasteiger partial charge is 0.370 e. The molecule has 21 heavy (non-hydrogen) atoms. The molecular formula is C15H20N4O2. The third kappa shape index (κ3) is 4.30. The normalized spacial score (nSPS) is 10.4. The van der Waals surface area contributed by atoms with E-state index in [4.69, 9.17) is 4.52 Å². The molecule has 6 nitrogen and oxygen atoms in total. The van der Waals surface area contributed by atoms with Crippen molar-refractivity contribution in [2.75, 3.05) is 11.9 Å². The number of rotatable bonds is 7. The Morgan fingerprint density at radius 2 is 2.19 bits per heavy atom. The van der Waals surface area contributed by atoms with Crippen LogP contribution in [0.25, 0.3) is 0 Å². The Balaban J connectivity index is 2.07. The second-order valence-electron chi connectivity index (χ2n) is 4.67. The lowest BCUT2D eigenvalue weighted by Crippen LogP contribution is -2.23. The fourth-order valence-corrected chi connectivity index (χ4v) is 1.85. The number of hydrogen-bond donors (Lipinski definition) is 2. The van der Waals surface area contributed by atoms with Gasteiger partial charge in [-0.15, -0.1) is 0 Å². The number of hydrogen-bond acceptors (Lipinski definition) is 5. The highest BCUT2D eigenvalue weighted by atomic mass is 16.5. The molecule has 0 bridgehead atoms. The molecule has 0 spiro atoms. The van der Waals surface area contributed by atoms with Crippen LogP contribution in [-0.2, 0) is 13.0 Å². The lowest BCUT2D eigenvalue weighted by Gasteiger charge is -2.09. The molecule has 112 valence electrons. The molecule has 6 heteroatoms. The Morgan fingerprint density at radius 3 is 2.86 bits per heavy atom. The standard InChI is InChI=1S/C15H20N4O2/c1-3-6-16-14-9-11(8-12(4-2)19-14)15(20)17-10-13-5-7-18-21-13/h5,7-9H,3-4,6,10H2,1-2H3,(H,16,19)(H,17,20). The van der Waals surface area contributed by atoms with Gasteiger partial charge in [0.25, 0.3) is 5.91 Å². The minimum absolute atomic E-state index is 0.150. The maximum absolute atomic E-state index is 12.2. The molecule has 1 amide bonds. The zero-order chi connectivity index (χ0) is 15.1. The van der Waals surface area contributed by atoms with Crippen LogP contribution in [0.5, 0.6) is 0 Å². The molecule has 0 saturated heterocycles. The van der Waals surface area contributed by atoms with Gasteiger partial charge in [0.2, 0.25) is 0 Å². The van der Waals surface area contributed by atoms with Crippen LogP contribution < -0.4 is 10.6 Å².